The topological polar surface area (TPSA) is 96.0 Å². The van der Waals surface area contributed by atoms with Crippen molar-refractivity contribution in [3.63, 3.8) is 0 Å². The average molecular weight is 697 g/mol. The maximum atomic E-state index is 14.6. The van der Waals surface area contributed by atoms with Gasteiger partial charge in [0, 0.05) is 24.5 Å². The second-order valence-electron chi connectivity index (χ2n) is 11.1. The maximum absolute atomic E-state index is 14.6. The highest BCUT2D eigenvalue weighted by Crippen LogP contribution is 2.33. The van der Waals surface area contributed by atoms with E-state index in [1.54, 1.807) is 37.4 Å². The molecule has 0 fully saturated rings. The summed E-state index contributed by atoms with van der Waals surface area (Å²) in [7, 11) is -2.78. The Morgan fingerprint density at radius 2 is 1.60 bits per heavy atom. The Kier molecular flexibility index (Phi) is 12.7. The van der Waals surface area contributed by atoms with Gasteiger partial charge in [-0.05, 0) is 66.9 Å². The van der Waals surface area contributed by atoms with E-state index in [0.29, 0.717) is 17.9 Å². The van der Waals surface area contributed by atoms with E-state index < -0.39 is 28.5 Å². The molecule has 0 saturated heterocycles. The third-order valence-corrected chi connectivity index (χ3v) is 9.98. The summed E-state index contributed by atoms with van der Waals surface area (Å²) in [6.07, 6.45) is 1.85. The van der Waals surface area contributed by atoms with Crippen molar-refractivity contribution in [2.45, 2.75) is 50.6 Å². The molecule has 4 rings (SSSR count). The number of hydrogen-bond donors (Lipinski definition) is 1. The normalized spacial score (nSPS) is 11.9. The standard InChI is InChI=1S/C36H39Cl2N3O5S/c1-4-5-20-39-36(43)34(22-27-10-7-6-8-11-27)40(24-28-12-9-13-30(21-28)46-3)35(42)25-41(33-23-29(37)16-19-32(33)38)47(44,45)31-17-14-26(2)15-18-31/h6-19,21,23,34H,4-5,20,22,24-25H2,1-3H3,(H,39,43)/t34-/m1/s1. The Labute approximate surface area is 287 Å². The van der Waals surface area contributed by atoms with Gasteiger partial charge in [-0.25, -0.2) is 8.42 Å². The lowest BCUT2D eigenvalue weighted by molar-refractivity contribution is -0.140. The number of carbonyl (C=O) groups excluding carboxylic acids is 2. The number of nitrogens with zero attached hydrogens (tertiary/aromatic N) is 2. The number of carbonyl (C=O) groups is 2. The van der Waals surface area contributed by atoms with Gasteiger partial charge in [-0.15, -0.1) is 0 Å². The third kappa shape index (κ3) is 9.50. The highest BCUT2D eigenvalue weighted by molar-refractivity contribution is 7.92. The van der Waals surface area contributed by atoms with Gasteiger partial charge in [0.05, 0.1) is 22.7 Å². The third-order valence-electron chi connectivity index (χ3n) is 7.65. The quantitative estimate of drug-likeness (QED) is 0.134. The Hall–Kier alpha value is -4.05. The first-order chi connectivity index (χ1) is 22.5. The van der Waals surface area contributed by atoms with E-state index in [-0.39, 0.29) is 39.5 Å². The number of methoxy groups -OCH3 is 1. The summed E-state index contributed by atoms with van der Waals surface area (Å²) in [5.74, 6) is -0.366. The molecule has 0 aliphatic heterocycles. The molecule has 1 atom stereocenters. The molecule has 47 heavy (non-hydrogen) atoms. The molecular weight excluding hydrogens is 657 g/mol. The number of hydrogen-bond acceptors (Lipinski definition) is 5. The summed E-state index contributed by atoms with van der Waals surface area (Å²) in [6, 6.07) is 26.4. The predicted molar refractivity (Wildman–Crippen MR) is 188 cm³/mol. The van der Waals surface area contributed by atoms with Gasteiger partial charge < -0.3 is 15.0 Å². The lowest BCUT2D eigenvalue weighted by atomic mass is 10.0. The fraction of sp³-hybridized carbons (Fsp3) is 0.278. The average Bonchev–Trinajstić information content (AvgIpc) is 3.07. The number of unbranched alkanes of at least 4 members (excludes halogenated alkanes) is 1. The van der Waals surface area contributed by atoms with Crippen molar-refractivity contribution < 1.29 is 22.7 Å². The summed E-state index contributed by atoms with van der Waals surface area (Å²) in [5, 5.41) is 3.32. The van der Waals surface area contributed by atoms with Gasteiger partial charge >= 0.3 is 0 Å². The van der Waals surface area contributed by atoms with Gasteiger partial charge in [0.15, 0.2) is 0 Å². The number of benzene rings is 4. The lowest BCUT2D eigenvalue weighted by Gasteiger charge is -2.34. The molecule has 4 aromatic carbocycles. The van der Waals surface area contributed by atoms with E-state index in [1.807, 2.05) is 50.2 Å². The molecule has 0 spiro atoms. The predicted octanol–water partition coefficient (Wildman–Crippen LogP) is 7.06. The maximum Gasteiger partial charge on any atom is 0.264 e. The van der Waals surface area contributed by atoms with Crippen molar-refractivity contribution in [3.8, 4) is 5.75 Å². The number of aryl methyl sites for hydroxylation is 1. The van der Waals surface area contributed by atoms with Crippen molar-refractivity contribution in [2.24, 2.45) is 0 Å². The van der Waals surface area contributed by atoms with E-state index >= 15 is 0 Å². The van der Waals surface area contributed by atoms with Gasteiger partial charge in [0.2, 0.25) is 11.8 Å². The van der Waals surface area contributed by atoms with Crippen molar-refractivity contribution in [1.82, 2.24) is 10.2 Å². The highest BCUT2D eigenvalue weighted by Gasteiger charge is 2.35. The first-order valence-corrected chi connectivity index (χ1v) is 17.5. The van der Waals surface area contributed by atoms with Crippen molar-refractivity contribution >= 4 is 50.7 Å². The molecule has 0 aliphatic carbocycles. The van der Waals surface area contributed by atoms with E-state index in [2.05, 4.69) is 5.32 Å². The molecule has 0 radical (unpaired) electrons. The van der Waals surface area contributed by atoms with E-state index in [9.17, 15) is 18.0 Å². The molecule has 0 aliphatic rings. The first-order valence-electron chi connectivity index (χ1n) is 15.3. The Morgan fingerprint density at radius 1 is 0.894 bits per heavy atom. The van der Waals surface area contributed by atoms with Crippen LogP contribution in [0.3, 0.4) is 0 Å². The molecule has 1 N–H and O–H groups in total. The SMILES string of the molecule is CCCCNC(=O)[C@@H](Cc1ccccc1)N(Cc1cccc(OC)c1)C(=O)CN(c1cc(Cl)ccc1Cl)S(=O)(=O)c1ccc(C)cc1. The van der Waals surface area contributed by atoms with E-state index in [1.165, 1.54) is 35.2 Å². The monoisotopic (exact) mass is 695 g/mol. The minimum atomic E-state index is -4.32. The molecule has 8 nitrogen and oxygen atoms in total. The van der Waals surface area contributed by atoms with Gasteiger partial charge in [-0.2, -0.15) is 0 Å². The number of ether oxygens (including phenoxy) is 1. The molecule has 0 unspecified atom stereocenters. The smallest absolute Gasteiger partial charge is 0.264 e. The van der Waals surface area contributed by atoms with Crippen LogP contribution in [-0.4, -0.2) is 51.4 Å². The Morgan fingerprint density at radius 3 is 2.28 bits per heavy atom. The fourth-order valence-electron chi connectivity index (χ4n) is 5.06. The second-order valence-corrected chi connectivity index (χ2v) is 13.8. The van der Waals surface area contributed by atoms with Gasteiger partial charge in [-0.1, -0.05) is 96.7 Å². The number of nitrogens with one attached hydrogen (secondary N) is 1. The highest BCUT2D eigenvalue weighted by atomic mass is 35.5. The summed E-state index contributed by atoms with van der Waals surface area (Å²) in [5.41, 5.74) is 2.45. The summed E-state index contributed by atoms with van der Waals surface area (Å²) >= 11 is 12.9. The minimum Gasteiger partial charge on any atom is -0.497 e. The van der Waals surface area contributed by atoms with Crippen LogP contribution < -0.4 is 14.4 Å². The minimum absolute atomic E-state index is 0.0103. The largest absolute Gasteiger partial charge is 0.497 e. The fourth-order valence-corrected chi connectivity index (χ4v) is 6.92. The van der Waals surface area contributed by atoms with Crippen LogP contribution in [0.2, 0.25) is 10.0 Å². The van der Waals surface area contributed by atoms with Crippen molar-refractivity contribution in [2.75, 3.05) is 24.5 Å². The zero-order valence-electron chi connectivity index (χ0n) is 26.7. The van der Waals surface area contributed by atoms with Gasteiger partial charge in [-0.3, -0.25) is 13.9 Å². The van der Waals surface area contributed by atoms with Crippen molar-refractivity contribution in [1.29, 1.82) is 0 Å². The van der Waals surface area contributed by atoms with Crippen LogP contribution in [0.4, 0.5) is 5.69 Å². The molecular formula is C36H39Cl2N3O5S. The van der Waals surface area contributed by atoms with Crippen LogP contribution in [0.15, 0.2) is 102 Å². The zero-order chi connectivity index (χ0) is 34.0. The first kappa shape index (κ1) is 35.8. The van der Waals surface area contributed by atoms with Crippen LogP contribution in [0.5, 0.6) is 5.75 Å². The molecule has 0 bridgehead atoms. The van der Waals surface area contributed by atoms with Crippen molar-refractivity contribution in [3.05, 3.63) is 124 Å². The summed E-state index contributed by atoms with van der Waals surface area (Å²) in [6.45, 7) is 3.68. The Balaban J connectivity index is 1.83. The number of sulfonamides is 1. The molecule has 4 aromatic rings. The Bertz CT molecular complexity index is 1770. The van der Waals surface area contributed by atoms with Crippen LogP contribution >= 0.6 is 23.2 Å². The number of amides is 2. The van der Waals surface area contributed by atoms with Crippen LogP contribution in [0.1, 0.15) is 36.5 Å². The summed E-state index contributed by atoms with van der Waals surface area (Å²) < 4.78 is 34.8. The zero-order valence-corrected chi connectivity index (χ0v) is 29.0. The van der Waals surface area contributed by atoms with Gasteiger partial charge in [0.25, 0.3) is 10.0 Å². The van der Waals surface area contributed by atoms with E-state index in [4.69, 9.17) is 27.9 Å². The van der Waals surface area contributed by atoms with E-state index in [0.717, 1.165) is 28.3 Å². The van der Waals surface area contributed by atoms with Crippen LogP contribution in [0.25, 0.3) is 0 Å². The molecule has 0 saturated carbocycles. The molecule has 0 aromatic heterocycles. The van der Waals surface area contributed by atoms with Crippen LogP contribution in [0, 0.1) is 6.92 Å². The lowest BCUT2D eigenvalue weighted by Crippen LogP contribution is -2.53. The number of halogens is 2. The molecule has 11 heteroatoms. The second kappa shape index (κ2) is 16.7. The molecule has 248 valence electrons. The molecule has 2 amide bonds. The number of anilines is 1. The molecule has 0 heterocycles. The van der Waals surface area contributed by atoms with Gasteiger partial charge in [0.1, 0.15) is 18.3 Å². The van der Waals surface area contributed by atoms with Crippen LogP contribution in [-0.2, 0) is 32.6 Å². The summed E-state index contributed by atoms with van der Waals surface area (Å²) in [4.78, 5) is 29.9. The number of rotatable bonds is 15.